The molecule has 0 spiro atoms. The third-order valence-electron chi connectivity index (χ3n) is 9.66. The Hall–Kier alpha value is -4.01. The summed E-state index contributed by atoms with van der Waals surface area (Å²) in [6, 6.07) is 20.9. The molecule has 248 valence electrons. The van der Waals surface area contributed by atoms with E-state index in [2.05, 4.69) is 79.7 Å². The number of hydrogen-bond donors (Lipinski definition) is 2. The summed E-state index contributed by atoms with van der Waals surface area (Å²) >= 11 is 0. The number of phenols is 1. The molecule has 0 unspecified atom stereocenters. The third-order valence-corrected chi connectivity index (χ3v) is 10.5. The number of fused-ring (bicyclic) bond motifs is 2. The van der Waals surface area contributed by atoms with E-state index < -0.39 is 15.5 Å². The molecule has 47 heavy (non-hydrogen) atoms. The fourth-order valence-corrected chi connectivity index (χ4v) is 7.60. The van der Waals surface area contributed by atoms with Gasteiger partial charge < -0.3 is 14.8 Å². The van der Waals surface area contributed by atoms with Crippen molar-refractivity contribution < 1.29 is 27.4 Å². The molecular formula is C39H47N2O5S+. The van der Waals surface area contributed by atoms with Crippen LogP contribution in [0, 0.1) is 0 Å². The zero-order valence-corrected chi connectivity index (χ0v) is 29.0. The highest BCUT2D eigenvalue weighted by Crippen LogP contribution is 2.49. The van der Waals surface area contributed by atoms with Crippen molar-refractivity contribution in [1.29, 1.82) is 0 Å². The predicted octanol–water partition coefficient (Wildman–Crippen LogP) is 8.04. The SMILES string of the molecule is CC(=O)CCCCCN1/C(=C/C=C/C2=[N+](CCCc3ccc(O)cc3)c3ccccc3C2(C)C)C(C)(C)c2cc(S(=O)(=O)O)ccc21. The number of carbonyl (C=O) groups excluding carboxylic acids is 1. The lowest BCUT2D eigenvalue weighted by Crippen LogP contribution is -2.28. The van der Waals surface area contributed by atoms with Crippen molar-refractivity contribution >= 4 is 33.0 Å². The molecule has 3 aromatic carbocycles. The number of benzene rings is 3. The van der Waals surface area contributed by atoms with Crippen LogP contribution in [0.3, 0.4) is 0 Å². The molecule has 0 bridgehead atoms. The highest BCUT2D eigenvalue weighted by Gasteiger charge is 2.44. The van der Waals surface area contributed by atoms with Gasteiger partial charge in [-0.15, -0.1) is 0 Å². The summed E-state index contributed by atoms with van der Waals surface area (Å²) in [5, 5.41) is 9.67. The van der Waals surface area contributed by atoms with Crippen molar-refractivity contribution in [3.8, 4) is 5.75 Å². The van der Waals surface area contributed by atoms with Crippen molar-refractivity contribution in [2.24, 2.45) is 0 Å². The molecule has 7 nitrogen and oxygen atoms in total. The number of aromatic hydroxyl groups is 1. The number of carbonyl (C=O) groups is 1. The second-order valence-electron chi connectivity index (χ2n) is 13.8. The van der Waals surface area contributed by atoms with Crippen LogP contribution in [0.4, 0.5) is 11.4 Å². The number of rotatable bonds is 13. The third kappa shape index (κ3) is 7.29. The van der Waals surface area contributed by atoms with Crippen LogP contribution in [0.25, 0.3) is 0 Å². The number of allylic oxidation sites excluding steroid dienone is 4. The highest BCUT2D eigenvalue weighted by molar-refractivity contribution is 7.85. The fourth-order valence-electron chi connectivity index (χ4n) is 7.09. The second kappa shape index (κ2) is 13.6. The molecule has 0 saturated heterocycles. The Morgan fingerprint density at radius 1 is 0.894 bits per heavy atom. The van der Waals surface area contributed by atoms with Crippen molar-refractivity contribution in [3.63, 3.8) is 0 Å². The monoisotopic (exact) mass is 655 g/mol. The van der Waals surface area contributed by atoms with Crippen LogP contribution >= 0.6 is 0 Å². The van der Waals surface area contributed by atoms with Gasteiger partial charge in [-0.3, -0.25) is 4.55 Å². The lowest BCUT2D eigenvalue weighted by molar-refractivity contribution is -0.438. The summed E-state index contributed by atoms with van der Waals surface area (Å²) < 4.78 is 36.3. The summed E-state index contributed by atoms with van der Waals surface area (Å²) in [7, 11) is -4.35. The molecule has 8 heteroatoms. The maximum Gasteiger partial charge on any atom is 0.294 e. The van der Waals surface area contributed by atoms with Gasteiger partial charge in [0.05, 0.1) is 10.3 Å². The van der Waals surface area contributed by atoms with E-state index >= 15 is 0 Å². The summed E-state index contributed by atoms with van der Waals surface area (Å²) in [4.78, 5) is 13.6. The first-order chi connectivity index (χ1) is 22.2. The van der Waals surface area contributed by atoms with Gasteiger partial charge in [-0.1, -0.05) is 56.7 Å². The molecule has 0 atom stereocenters. The predicted molar refractivity (Wildman–Crippen MR) is 189 cm³/mol. The second-order valence-corrected chi connectivity index (χ2v) is 15.2. The molecule has 5 rings (SSSR count). The average molecular weight is 656 g/mol. The Morgan fingerprint density at radius 3 is 2.32 bits per heavy atom. The standard InChI is InChI=1S/C39H46N2O5S/c1-28(42)13-7-6-10-25-40-35-24-23-31(47(44,45)46)27-33(35)39(4,5)37(40)18-11-17-36-38(2,3)32-15-8-9-16-34(32)41(36)26-12-14-29-19-21-30(43)22-20-29/h8-9,11,15-24,27H,6-7,10,12-14,25-26H2,1-5H3,(H-,43,44,45,46)/p+1. The van der Waals surface area contributed by atoms with E-state index in [4.69, 9.17) is 0 Å². The molecule has 3 aromatic rings. The number of phenolic OH excluding ortho intramolecular Hbond substituents is 1. The molecule has 0 saturated carbocycles. The van der Waals surface area contributed by atoms with Crippen LogP contribution in [0.2, 0.25) is 0 Å². The van der Waals surface area contributed by atoms with Gasteiger partial charge in [-0.25, -0.2) is 0 Å². The first-order valence-corrected chi connectivity index (χ1v) is 18.0. The quantitative estimate of drug-likeness (QED) is 0.110. The van der Waals surface area contributed by atoms with Crippen LogP contribution in [0.5, 0.6) is 5.75 Å². The molecule has 0 amide bonds. The lowest BCUT2D eigenvalue weighted by Gasteiger charge is -2.27. The average Bonchev–Trinajstić information content (AvgIpc) is 3.36. The number of hydrogen-bond acceptors (Lipinski definition) is 5. The first kappa shape index (κ1) is 34.3. The van der Waals surface area contributed by atoms with Gasteiger partial charge in [-0.05, 0) is 87.6 Å². The van der Waals surface area contributed by atoms with E-state index in [1.165, 1.54) is 28.6 Å². The zero-order chi connectivity index (χ0) is 34.0. The smallest absolute Gasteiger partial charge is 0.294 e. The highest BCUT2D eigenvalue weighted by atomic mass is 32.2. The van der Waals surface area contributed by atoms with E-state index in [1.807, 2.05) is 12.1 Å². The molecule has 0 aliphatic carbocycles. The molecule has 2 aliphatic heterocycles. The van der Waals surface area contributed by atoms with Crippen molar-refractivity contribution in [3.05, 3.63) is 107 Å². The van der Waals surface area contributed by atoms with Gasteiger partial charge in [0.1, 0.15) is 18.1 Å². The lowest BCUT2D eigenvalue weighted by atomic mass is 9.81. The van der Waals surface area contributed by atoms with Gasteiger partial charge in [0, 0.05) is 53.9 Å². The van der Waals surface area contributed by atoms with Crippen LogP contribution < -0.4 is 4.90 Å². The van der Waals surface area contributed by atoms with Crippen LogP contribution in [0.15, 0.2) is 95.6 Å². The Morgan fingerprint density at radius 2 is 1.62 bits per heavy atom. The largest absolute Gasteiger partial charge is 0.508 e. The van der Waals surface area contributed by atoms with Crippen molar-refractivity contribution in [2.75, 3.05) is 18.0 Å². The summed E-state index contributed by atoms with van der Waals surface area (Å²) in [6.45, 7) is 11.9. The molecule has 2 N–H and O–H groups in total. The molecule has 0 aromatic heterocycles. The Kier molecular flexibility index (Phi) is 9.94. The molecule has 0 fully saturated rings. The summed E-state index contributed by atoms with van der Waals surface area (Å²) in [5.41, 5.74) is 7.03. The van der Waals surface area contributed by atoms with Crippen LogP contribution in [-0.4, -0.2) is 47.2 Å². The Labute approximate surface area is 279 Å². The topological polar surface area (TPSA) is 97.9 Å². The number of anilines is 1. The first-order valence-electron chi connectivity index (χ1n) is 16.5. The molecule has 0 radical (unpaired) electrons. The van der Waals surface area contributed by atoms with E-state index in [0.717, 1.165) is 62.1 Å². The number of para-hydroxylation sites is 1. The molecular weight excluding hydrogens is 609 g/mol. The number of Topliss-reactive ketones (excluding diaryl/α,β-unsaturated/α-hetero) is 1. The van der Waals surface area contributed by atoms with E-state index in [-0.39, 0.29) is 21.8 Å². The van der Waals surface area contributed by atoms with Crippen molar-refractivity contribution in [1.82, 2.24) is 0 Å². The number of unbranched alkanes of at least 4 members (excludes halogenated alkanes) is 2. The van der Waals surface area contributed by atoms with Gasteiger partial charge in [-0.2, -0.15) is 13.0 Å². The summed E-state index contributed by atoms with van der Waals surface area (Å²) in [5.74, 6) is 0.475. The molecule has 2 heterocycles. The number of ketones is 1. The molecule has 2 aliphatic rings. The summed E-state index contributed by atoms with van der Waals surface area (Å²) in [6.07, 6.45) is 11.5. The van der Waals surface area contributed by atoms with E-state index in [1.54, 1.807) is 31.2 Å². The van der Waals surface area contributed by atoms with Gasteiger partial charge in [0.2, 0.25) is 5.69 Å². The number of nitrogens with zero attached hydrogens (tertiary/aromatic N) is 2. The maximum atomic E-state index is 12.1. The minimum absolute atomic E-state index is 0.105. The normalized spacial score (nSPS) is 17.5. The van der Waals surface area contributed by atoms with Crippen LogP contribution in [0.1, 0.15) is 83.4 Å². The van der Waals surface area contributed by atoms with Crippen LogP contribution in [-0.2, 0) is 32.2 Å². The fraction of sp³-hybridized carbons (Fsp3) is 0.385. The number of aryl methyl sites for hydroxylation is 1. The zero-order valence-electron chi connectivity index (χ0n) is 28.2. The van der Waals surface area contributed by atoms with Gasteiger partial charge in [0.25, 0.3) is 10.1 Å². The van der Waals surface area contributed by atoms with Gasteiger partial charge >= 0.3 is 0 Å². The Bertz CT molecular complexity index is 1850. The van der Waals surface area contributed by atoms with E-state index in [0.29, 0.717) is 6.42 Å². The van der Waals surface area contributed by atoms with E-state index in [9.17, 15) is 22.9 Å². The minimum atomic E-state index is -4.35. The van der Waals surface area contributed by atoms with Crippen molar-refractivity contribution in [2.45, 2.75) is 88.9 Å². The minimum Gasteiger partial charge on any atom is -0.508 e. The van der Waals surface area contributed by atoms with Gasteiger partial charge in [0.15, 0.2) is 5.71 Å². The maximum absolute atomic E-state index is 12.1. The Balaban J connectivity index is 1.48.